The monoisotopic (exact) mass is 262 g/mol. The first-order chi connectivity index (χ1) is 7.70. The molecule has 100 valence electrons. The van der Waals surface area contributed by atoms with Crippen LogP contribution in [0.5, 0.6) is 0 Å². The summed E-state index contributed by atoms with van der Waals surface area (Å²) in [5, 5.41) is 11.5. The number of amides is 1. The van der Waals surface area contributed by atoms with Gasteiger partial charge in [0.1, 0.15) is 6.04 Å². The van der Waals surface area contributed by atoms with Gasteiger partial charge in [0.2, 0.25) is 5.91 Å². The maximum Gasteiger partial charge on any atom is 0.326 e. The predicted octanol–water partition coefficient (Wildman–Crippen LogP) is 0.682. The number of carbonyl (C=O) groups excluding carboxylic acids is 1. The third-order valence-corrected chi connectivity index (χ3v) is 3.01. The fourth-order valence-corrected chi connectivity index (χ4v) is 1.76. The van der Waals surface area contributed by atoms with E-state index >= 15 is 0 Å². The summed E-state index contributed by atoms with van der Waals surface area (Å²) in [5.74, 6) is -0.661. The molecular weight excluding hydrogens is 240 g/mol. The number of rotatable bonds is 6. The van der Waals surface area contributed by atoms with E-state index in [1.807, 2.05) is 6.26 Å². The Hall–Kier alpha value is -0.750. The third kappa shape index (κ3) is 5.93. The van der Waals surface area contributed by atoms with E-state index in [1.54, 1.807) is 32.5 Å². The molecule has 0 aromatic heterocycles. The molecule has 1 amide bonds. The molecule has 0 radical (unpaired) electrons. The molecule has 0 spiro atoms. The van der Waals surface area contributed by atoms with Crippen molar-refractivity contribution in [1.29, 1.82) is 0 Å². The smallest absolute Gasteiger partial charge is 0.326 e. The van der Waals surface area contributed by atoms with Crippen molar-refractivity contribution in [1.82, 2.24) is 5.32 Å². The Balaban J connectivity index is 4.47. The van der Waals surface area contributed by atoms with Gasteiger partial charge in [0.05, 0.1) is 6.04 Å². The molecule has 4 N–H and O–H groups in total. The first-order valence-corrected chi connectivity index (χ1v) is 6.87. The first kappa shape index (κ1) is 16.2. The van der Waals surface area contributed by atoms with Gasteiger partial charge in [-0.05, 0) is 23.8 Å². The molecule has 17 heavy (non-hydrogen) atoms. The van der Waals surface area contributed by atoms with Crippen molar-refractivity contribution in [3.8, 4) is 0 Å². The Morgan fingerprint density at radius 3 is 2.29 bits per heavy atom. The minimum Gasteiger partial charge on any atom is -0.480 e. The van der Waals surface area contributed by atoms with Crippen LogP contribution >= 0.6 is 11.8 Å². The molecule has 0 heterocycles. The SMILES string of the molecule is CSCC[C@H](N)C(=O)NC(C(=O)O)C(C)(C)C. The second-order valence-corrected chi connectivity index (χ2v) is 6.02. The lowest BCUT2D eigenvalue weighted by molar-refractivity contribution is -0.145. The topological polar surface area (TPSA) is 92.4 Å². The van der Waals surface area contributed by atoms with Gasteiger partial charge in [-0.25, -0.2) is 4.79 Å². The number of nitrogens with one attached hydrogen (secondary N) is 1. The van der Waals surface area contributed by atoms with Gasteiger partial charge in [-0.2, -0.15) is 11.8 Å². The van der Waals surface area contributed by atoms with Crippen molar-refractivity contribution >= 4 is 23.6 Å². The van der Waals surface area contributed by atoms with Gasteiger partial charge >= 0.3 is 5.97 Å². The maximum atomic E-state index is 11.7. The summed E-state index contributed by atoms with van der Waals surface area (Å²) < 4.78 is 0. The van der Waals surface area contributed by atoms with Crippen LogP contribution in [0.4, 0.5) is 0 Å². The highest BCUT2D eigenvalue weighted by Gasteiger charge is 2.33. The van der Waals surface area contributed by atoms with Crippen LogP contribution in [0, 0.1) is 5.41 Å². The maximum absolute atomic E-state index is 11.7. The van der Waals surface area contributed by atoms with E-state index in [9.17, 15) is 9.59 Å². The fraction of sp³-hybridized carbons (Fsp3) is 0.818. The molecule has 6 heteroatoms. The van der Waals surface area contributed by atoms with Crippen molar-refractivity contribution in [2.45, 2.75) is 39.3 Å². The predicted molar refractivity (Wildman–Crippen MR) is 70.0 cm³/mol. The highest BCUT2D eigenvalue weighted by Crippen LogP contribution is 2.19. The van der Waals surface area contributed by atoms with Crippen LogP contribution in [0.2, 0.25) is 0 Å². The largest absolute Gasteiger partial charge is 0.480 e. The van der Waals surface area contributed by atoms with Gasteiger partial charge in [-0.3, -0.25) is 4.79 Å². The molecule has 0 aliphatic carbocycles. The molecule has 0 aromatic rings. The standard InChI is InChI=1S/C11H22N2O3S/c1-11(2,3)8(10(15)16)13-9(14)7(12)5-6-17-4/h7-8H,5-6,12H2,1-4H3,(H,13,14)(H,15,16)/t7-,8?/m0/s1. The second kappa shape index (κ2) is 6.86. The average Bonchev–Trinajstić information content (AvgIpc) is 2.19. The fourth-order valence-electron chi connectivity index (χ4n) is 1.27. The summed E-state index contributed by atoms with van der Waals surface area (Å²) in [6, 6.07) is -1.57. The summed E-state index contributed by atoms with van der Waals surface area (Å²) in [7, 11) is 0. The molecule has 0 aliphatic rings. The average molecular weight is 262 g/mol. The second-order valence-electron chi connectivity index (χ2n) is 5.03. The first-order valence-electron chi connectivity index (χ1n) is 5.48. The van der Waals surface area contributed by atoms with Gasteiger partial charge < -0.3 is 16.2 Å². The summed E-state index contributed by atoms with van der Waals surface area (Å²) in [6.45, 7) is 5.29. The van der Waals surface area contributed by atoms with Crippen LogP contribution < -0.4 is 11.1 Å². The number of hydrogen-bond acceptors (Lipinski definition) is 4. The zero-order valence-electron chi connectivity index (χ0n) is 10.8. The molecule has 0 saturated heterocycles. The van der Waals surface area contributed by atoms with E-state index in [0.29, 0.717) is 6.42 Å². The molecule has 0 fully saturated rings. The Labute approximate surface area is 107 Å². The van der Waals surface area contributed by atoms with Crippen molar-refractivity contribution in [2.75, 3.05) is 12.0 Å². The van der Waals surface area contributed by atoms with Gasteiger partial charge in [-0.1, -0.05) is 20.8 Å². The van der Waals surface area contributed by atoms with Gasteiger partial charge in [0.15, 0.2) is 0 Å². The molecule has 0 aromatic carbocycles. The molecule has 0 saturated carbocycles. The lowest BCUT2D eigenvalue weighted by Gasteiger charge is -2.28. The number of nitrogens with two attached hydrogens (primary N) is 1. The van der Waals surface area contributed by atoms with Gasteiger partial charge in [-0.15, -0.1) is 0 Å². The number of thioether (sulfide) groups is 1. The number of carbonyl (C=O) groups is 2. The Morgan fingerprint density at radius 2 is 1.94 bits per heavy atom. The van der Waals surface area contributed by atoms with E-state index in [-0.39, 0.29) is 0 Å². The Morgan fingerprint density at radius 1 is 1.41 bits per heavy atom. The Bertz CT molecular complexity index is 276. The highest BCUT2D eigenvalue weighted by atomic mass is 32.2. The van der Waals surface area contributed by atoms with Crippen LogP contribution in [0.15, 0.2) is 0 Å². The van der Waals surface area contributed by atoms with Crippen LogP contribution in [-0.4, -0.2) is 41.1 Å². The third-order valence-electron chi connectivity index (χ3n) is 2.37. The zero-order chi connectivity index (χ0) is 13.6. The molecule has 0 bridgehead atoms. The molecule has 0 aliphatic heterocycles. The van der Waals surface area contributed by atoms with Crippen LogP contribution in [-0.2, 0) is 9.59 Å². The summed E-state index contributed by atoms with van der Waals surface area (Å²) in [4.78, 5) is 22.8. The number of carboxylic acid groups (broad SMARTS) is 1. The lowest BCUT2D eigenvalue weighted by Crippen LogP contribution is -2.53. The lowest BCUT2D eigenvalue weighted by atomic mass is 9.86. The van der Waals surface area contributed by atoms with E-state index in [4.69, 9.17) is 10.8 Å². The van der Waals surface area contributed by atoms with E-state index in [0.717, 1.165) is 5.75 Å². The zero-order valence-corrected chi connectivity index (χ0v) is 11.6. The normalized spacial score (nSPS) is 15.1. The molecule has 1 unspecified atom stereocenters. The van der Waals surface area contributed by atoms with Crippen LogP contribution in [0.25, 0.3) is 0 Å². The molecule has 2 atom stereocenters. The minimum atomic E-state index is -1.04. The highest BCUT2D eigenvalue weighted by molar-refractivity contribution is 7.98. The van der Waals surface area contributed by atoms with Crippen molar-refractivity contribution in [2.24, 2.45) is 11.1 Å². The van der Waals surface area contributed by atoms with Crippen molar-refractivity contribution in [3.05, 3.63) is 0 Å². The summed E-state index contributed by atoms with van der Waals surface area (Å²) in [5.41, 5.74) is 5.14. The van der Waals surface area contributed by atoms with Crippen molar-refractivity contribution < 1.29 is 14.7 Å². The van der Waals surface area contributed by atoms with E-state index in [1.165, 1.54) is 0 Å². The molecule has 5 nitrogen and oxygen atoms in total. The van der Waals surface area contributed by atoms with E-state index in [2.05, 4.69) is 5.32 Å². The van der Waals surface area contributed by atoms with Gasteiger partial charge in [0, 0.05) is 0 Å². The van der Waals surface area contributed by atoms with Crippen molar-refractivity contribution in [3.63, 3.8) is 0 Å². The van der Waals surface area contributed by atoms with E-state index < -0.39 is 29.4 Å². The summed E-state index contributed by atoms with van der Waals surface area (Å²) >= 11 is 1.60. The summed E-state index contributed by atoms with van der Waals surface area (Å²) in [6.07, 6.45) is 2.48. The quantitative estimate of drug-likeness (QED) is 0.654. The molecular formula is C11H22N2O3S. The number of hydrogen-bond donors (Lipinski definition) is 3. The number of carboxylic acids is 1. The number of aliphatic carboxylic acids is 1. The molecule has 0 rings (SSSR count). The van der Waals surface area contributed by atoms with Crippen LogP contribution in [0.1, 0.15) is 27.2 Å². The van der Waals surface area contributed by atoms with Gasteiger partial charge in [0.25, 0.3) is 0 Å². The Kier molecular flexibility index (Phi) is 6.56. The minimum absolute atomic E-state index is 0.402. The van der Waals surface area contributed by atoms with Crippen LogP contribution in [0.3, 0.4) is 0 Å².